The highest BCUT2D eigenvalue weighted by Gasteiger charge is 2.24. The lowest BCUT2D eigenvalue weighted by molar-refractivity contribution is 0.0933. The van der Waals surface area contributed by atoms with Crippen molar-refractivity contribution in [3.05, 3.63) is 24.0 Å². The van der Waals surface area contributed by atoms with Crippen molar-refractivity contribution >= 4 is 17.5 Å². The van der Waals surface area contributed by atoms with Crippen LogP contribution in [0.4, 0.5) is 0 Å². The fourth-order valence-corrected chi connectivity index (χ4v) is 3.00. The lowest BCUT2D eigenvalue weighted by atomic mass is 9.98. The molecule has 0 radical (unpaired) electrons. The van der Waals surface area contributed by atoms with Crippen molar-refractivity contribution in [2.75, 3.05) is 18.1 Å². The summed E-state index contributed by atoms with van der Waals surface area (Å²) < 4.78 is 5.34. The van der Waals surface area contributed by atoms with Crippen molar-refractivity contribution in [2.45, 2.75) is 13.3 Å². The summed E-state index contributed by atoms with van der Waals surface area (Å²) in [7, 11) is 0. The van der Waals surface area contributed by atoms with Gasteiger partial charge in [0, 0.05) is 23.4 Å². The topological polar surface area (TPSA) is 39.2 Å². The summed E-state index contributed by atoms with van der Waals surface area (Å²) >= 11 is 1.85. The monoisotopic (exact) mass is 237 g/mol. The average Bonchev–Trinajstić information content (AvgIpc) is 2.82. The summed E-state index contributed by atoms with van der Waals surface area (Å²) in [5.74, 6) is 3.09. The Hall–Kier alpha value is -1.03. The van der Waals surface area contributed by atoms with Gasteiger partial charge in [0.2, 0.25) is 0 Å². The number of pyridine rings is 1. The second kappa shape index (κ2) is 5.34. The van der Waals surface area contributed by atoms with E-state index in [-0.39, 0.29) is 11.7 Å². The average molecular weight is 237 g/mol. The molecule has 1 unspecified atom stereocenters. The van der Waals surface area contributed by atoms with Gasteiger partial charge in [-0.25, -0.2) is 0 Å². The third-order valence-electron chi connectivity index (χ3n) is 2.61. The van der Waals surface area contributed by atoms with E-state index in [4.69, 9.17) is 4.74 Å². The molecule has 1 saturated heterocycles. The minimum absolute atomic E-state index is 0.170. The number of thioether (sulfide) groups is 1. The number of ketones is 1. The molecule has 1 aromatic heterocycles. The van der Waals surface area contributed by atoms with Crippen LogP contribution in [0.5, 0.6) is 5.75 Å². The molecule has 0 N–H and O–H groups in total. The Morgan fingerprint density at radius 1 is 1.62 bits per heavy atom. The van der Waals surface area contributed by atoms with Crippen LogP contribution in [0.25, 0.3) is 0 Å². The fraction of sp³-hybridized carbons (Fsp3) is 0.500. The van der Waals surface area contributed by atoms with Crippen molar-refractivity contribution in [3.63, 3.8) is 0 Å². The summed E-state index contributed by atoms with van der Waals surface area (Å²) in [6.45, 7) is 2.51. The predicted molar refractivity (Wildman–Crippen MR) is 65.2 cm³/mol. The molecule has 0 aliphatic carbocycles. The minimum Gasteiger partial charge on any atom is -0.492 e. The zero-order valence-corrected chi connectivity index (χ0v) is 10.1. The number of aromatic nitrogens is 1. The van der Waals surface area contributed by atoms with E-state index in [0.29, 0.717) is 17.9 Å². The number of Topliss-reactive ketones (excluding diaryl/α,β-unsaturated/α-hetero) is 1. The summed E-state index contributed by atoms with van der Waals surface area (Å²) in [4.78, 5) is 16.1. The van der Waals surface area contributed by atoms with Gasteiger partial charge >= 0.3 is 0 Å². The summed E-state index contributed by atoms with van der Waals surface area (Å²) in [6, 6.07) is 1.79. The third kappa shape index (κ3) is 2.55. The zero-order chi connectivity index (χ0) is 11.4. The van der Waals surface area contributed by atoms with Crippen molar-refractivity contribution in [1.29, 1.82) is 0 Å². The molecule has 1 aliphatic rings. The number of nitrogens with zero attached hydrogens (tertiary/aromatic N) is 1. The van der Waals surface area contributed by atoms with Crippen LogP contribution >= 0.6 is 11.8 Å². The molecule has 1 atom stereocenters. The van der Waals surface area contributed by atoms with Gasteiger partial charge < -0.3 is 4.74 Å². The molecule has 0 saturated carbocycles. The SMILES string of the molecule is CCOc1cncc(C(=O)C2CCSC2)c1. The number of ether oxygens (including phenoxy) is 1. The highest BCUT2D eigenvalue weighted by Crippen LogP contribution is 2.27. The Morgan fingerprint density at radius 3 is 3.19 bits per heavy atom. The summed E-state index contributed by atoms with van der Waals surface area (Å²) in [5, 5.41) is 0. The molecule has 16 heavy (non-hydrogen) atoms. The molecule has 2 rings (SSSR count). The van der Waals surface area contributed by atoms with Gasteiger partial charge in [-0.1, -0.05) is 0 Å². The maximum Gasteiger partial charge on any atom is 0.168 e. The van der Waals surface area contributed by atoms with Gasteiger partial charge in [-0.05, 0) is 25.2 Å². The lowest BCUT2D eigenvalue weighted by Gasteiger charge is -2.08. The molecule has 0 amide bonds. The normalized spacial score (nSPS) is 19.7. The molecule has 1 aliphatic heterocycles. The fourth-order valence-electron chi connectivity index (χ4n) is 1.78. The largest absolute Gasteiger partial charge is 0.492 e. The Morgan fingerprint density at radius 2 is 2.50 bits per heavy atom. The first-order chi connectivity index (χ1) is 7.81. The van der Waals surface area contributed by atoms with E-state index in [1.807, 2.05) is 18.7 Å². The van der Waals surface area contributed by atoms with Crippen molar-refractivity contribution < 1.29 is 9.53 Å². The van der Waals surface area contributed by atoms with E-state index >= 15 is 0 Å². The van der Waals surface area contributed by atoms with Crippen LogP contribution in [0.3, 0.4) is 0 Å². The van der Waals surface area contributed by atoms with Gasteiger partial charge in [0.05, 0.1) is 12.8 Å². The van der Waals surface area contributed by atoms with Gasteiger partial charge in [-0.3, -0.25) is 9.78 Å². The number of hydrogen-bond donors (Lipinski definition) is 0. The zero-order valence-electron chi connectivity index (χ0n) is 9.31. The van der Waals surface area contributed by atoms with E-state index in [2.05, 4.69) is 4.98 Å². The molecule has 1 aromatic rings. The molecule has 1 fully saturated rings. The first-order valence-electron chi connectivity index (χ1n) is 5.51. The number of hydrogen-bond acceptors (Lipinski definition) is 4. The van der Waals surface area contributed by atoms with E-state index in [9.17, 15) is 4.79 Å². The Balaban J connectivity index is 2.12. The Kier molecular flexibility index (Phi) is 3.83. The van der Waals surface area contributed by atoms with Gasteiger partial charge in [0.15, 0.2) is 5.78 Å². The van der Waals surface area contributed by atoms with Crippen LogP contribution in [0.1, 0.15) is 23.7 Å². The van der Waals surface area contributed by atoms with E-state index < -0.39 is 0 Å². The molecule has 2 heterocycles. The van der Waals surface area contributed by atoms with E-state index in [1.165, 1.54) is 0 Å². The van der Waals surface area contributed by atoms with Crippen LogP contribution in [0.15, 0.2) is 18.5 Å². The first kappa shape index (κ1) is 11.5. The number of carbonyl (C=O) groups is 1. The maximum absolute atomic E-state index is 12.1. The number of rotatable bonds is 4. The number of carbonyl (C=O) groups excluding carboxylic acids is 1. The molecule has 0 aromatic carbocycles. The van der Waals surface area contributed by atoms with Gasteiger partial charge in [0.25, 0.3) is 0 Å². The molecule has 0 spiro atoms. The molecular formula is C12H15NO2S. The van der Waals surface area contributed by atoms with Gasteiger partial charge in [-0.15, -0.1) is 0 Å². The third-order valence-corrected chi connectivity index (χ3v) is 3.77. The van der Waals surface area contributed by atoms with Gasteiger partial charge in [0.1, 0.15) is 5.75 Å². The van der Waals surface area contributed by atoms with Crippen LogP contribution in [-0.4, -0.2) is 28.9 Å². The maximum atomic E-state index is 12.1. The standard InChI is InChI=1S/C12H15NO2S/c1-2-15-11-5-10(6-13-7-11)12(14)9-3-4-16-8-9/h5-7,9H,2-4,8H2,1H3. The molecule has 4 heteroatoms. The molecule has 3 nitrogen and oxygen atoms in total. The minimum atomic E-state index is 0.170. The van der Waals surface area contributed by atoms with Gasteiger partial charge in [-0.2, -0.15) is 11.8 Å². The highest BCUT2D eigenvalue weighted by atomic mass is 32.2. The summed E-state index contributed by atoms with van der Waals surface area (Å²) in [6.07, 6.45) is 4.26. The van der Waals surface area contributed by atoms with Crippen molar-refractivity contribution in [2.24, 2.45) is 5.92 Å². The summed E-state index contributed by atoms with van der Waals surface area (Å²) in [5.41, 5.74) is 0.679. The molecule has 86 valence electrons. The van der Waals surface area contributed by atoms with E-state index in [1.54, 1.807) is 18.5 Å². The Bertz CT molecular complexity index is 375. The van der Waals surface area contributed by atoms with Crippen molar-refractivity contribution in [3.8, 4) is 5.75 Å². The smallest absolute Gasteiger partial charge is 0.168 e. The predicted octanol–water partition coefficient (Wildman–Crippen LogP) is 2.42. The lowest BCUT2D eigenvalue weighted by Crippen LogP contribution is -2.14. The van der Waals surface area contributed by atoms with Crippen LogP contribution in [0.2, 0.25) is 0 Å². The van der Waals surface area contributed by atoms with Crippen LogP contribution < -0.4 is 4.74 Å². The second-order valence-electron chi connectivity index (χ2n) is 3.77. The van der Waals surface area contributed by atoms with Crippen LogP contribution in [-0.2, 0) is 0 Å². The second-order valence-corrected chi connectivity index (χ2v) is 4.92. The quantitative estimate of drug-likeness (QED) is 0.754. The van der Waals surface area contributed by atoms with E-state index in [0.717, 1.165) is 17.9 Å². The Labute approximate surface area is 99.6 Å². The first-order valence-corrected chi connectivity index (χ1v) is 6.66. The molecular weight excluding hydrogens is 222 g/mol. The van der Waals surface area contributed by atoms with Crippen LogP contribution in [0, 0.1) is 5.92 Å². The highest BCUT2D eigenvalue weighted by molar-refractivity contribution is 7.99. The van der Waals surface area contributed by atoms with Crippen molar-refractivity contribution in [1.82, 2.24) is 4.98 Å². The molecule has 0 bridgehead atoms.